The molecular weight excluding hydrogens is 392 g/mol. The van der Waals surface area contributed by atoms with Crippen LogP contribution < -0.4 is 0 Å². The number of esters is 1. The summed E-state index contributed by atoms with van der Waals surface area (Å²) in [7, 11) is 0. The molecule has 32 heavy (non-hydrogen) atoms. The Morgan fingerprint density at radius 2 is 1.31 bits per heavy atom. The second-order valence-electron chi connectivity index (χ2n) is 14.2. The highest BCUT2D eigenvalue weighted by Crippen LogP contribution is 2.71. The summed E-state index contributed by atoms with van der Waals surface area (Å²) in [6.45, 7) is 5.77. The van der Waals surface area contributed by atoms with E-state index in [1.165, 1.54) is 64.2 Å². The van der Waals surface area contributed by atoms with E-state index in [4.69, 9.17) is 4.74 Å². The van der Waals surface area contributed by atoms with E-state index in [0.717, 1.165) is 76.9 Å². The van der Waals surface area contributed by atoms with E-state index in [1.807, 2.05) is 6.92 Å². The highest BCUT2D eigenvalue weighted by molar-refractivity contribution is 5.87. The Hall–Kier alpha value is -0.790. The van der Waals surface area contributed by atoms with Crippen molar-refractivity contribution in [2.75, 3.05) is 0 Å². The van der Waals surface area contributed by atoms with E-state index >= 15 is 0 Å². The summed E-state index contributed by atoms with van der Waals surface area (Å²) in [4.78, 5) is 12.8. The van der Waals surface area contributed by atoms with Crippen molar-refractivity contribution in [1.29, 1.82) is 0 Å². The fraction of sp³-hybridized carbons (Fsp3) is 0.900. The minimum atomic E-state index is -0.108. The van der Waals surface area contributed by atoms with Crippen LogP contribution >= 0.6 is 0 Å². The third kappa shape index (κ3) is 2.46. The molecule has 0 saturated heterocycles. The van der Waals surface area contributed by atoms with Crippen LogP contribution in [0, 0.1) is 82.9 Å². The lowest BCUT2D eigenvalue weighted by Crippen LogP contribution is -2.41. The normalized spacial score (nSPS) is 58.4. The number of hydrogen-bond acceptors (Lipinski definition) is 2. The quantitative estimate of drug-likeness (QED) is 0.280. The van der Waals surface area contributed by atoms with Crippen molar-refractivity contribution in [2.45, 2.75) is 83.7 Å². The second kappa shape index (κ2) is 6.66. The molecule has 0 spiro atoms. The number of carbonyl (C=O) groups excluding carboxylic acids is 1. The van der Waals surface area contributed by atoms with Crippen LogP contribution in [-0.2, 0) is 9.53 Å². The molecule has 0 amide bonds. The zero-order chi connectivity index (χ0) is 21.3. The van der Waals surface area contributed by atoms with Gasteiger partial charge in [0.05, 0.1) is 0 Å². The largest absolute Gasteiger partial charge is 0.459 e. The standard InChI is InChI=1S/C30H42O2/c1-14(2)30(31)32-25(23-11-21-12-24(23)29-18-6-4-16(8-18)27(21)29)13-19-9-20-10-22(19)28-17-5-3-15(7-17)26(20)28/h15-29H,1,3-13H2,2H3. The zero-order valence-electron chi connectivity index (χ0n) is 20.0. The fourth-order valence-corrected chi connectivity index (χ4v) is 12.9. The number of hydrogen-bond donors (Lipinski definition) is 0. The van der Waals surface area contributed by atoms with Gasteiger partial charge >= 0.3 is 5.97 Å². The molecule has 0 aromatic carbocycles. The van der Waals surface area contributed by atoms with Gasteiger partial charge in [-0.25, -0.2) is 4.79 Å². The van der Waals surface area contributed by atoms with Gasteiger partial charge in [-0.1, -0.05) is 6.58 Å². The van der Waals surface area contributed by atoms with E-state index in [9.17, 15) is 4.79 Å². The van der Waals surface area contributed by atoms with Gasteiger partial charge in [0, 0.05) is 5.57 Å². The van der Waals surface area contributed by atoms with Gasteiger partial charge in [0.25, 0.3) is 0 Å². The van der Waals surface area contributed by atoms with E-state index in [2.05, 4.69) is 6.58 Å². The van der Waals surface area contributed by atoms with E-state index in [-0.39, 0.29) is 12.1 Å². The number of ether oxygens (including phenoxy) is 1. The lowest BCUT2D eigenvalue weighted by molar-refractivity contribution is -0.151. The van der Waals surface area contributed by atoms with E-state index < -0.39 is 0 Å². The molecule has 8 saturated carbocycles. The third-order valence-electron chi connectivity index (χ3n) is 13.3. The molecule has 0 aromatic rings. The Morgan fingerprint density at radius 1 is 0.750 bits per heavy atom. The first-order valence-electron chi connectivity index (χ1n) is 14.4. The van der Waals surface area contributed by atoms with Crippen LogP contribution in [0.4, 0.5) is 0 Å². The van der Waals surface area contributed by atoms with Crippen LogP contribution in [0.3, 0.4) is 0 Å². The summed E-state index contributed by atoms with van der Waals surface area (Å²) >= 11 is 0. The average molecular weight is 435 g/mol. The molecule has 15 unspecified atom stereocenters. The van der Waals surface area contributed by atoms with Gasteiger partial charge in [0.1, 0.15) is 6.10 Å². The third-order valence-corrected chi connectivity index (χ3v) is 13.3. The molecule has 0 N–H and O–H groups in total. The lowest BCUT2D eigenvalue weighted by atomic mass is 9.63. The molecule has 0 radical (unpaired) electrons. The van der Waals surface area contributed by atoms with Crippen molar-refractivity contribution in [1.82, 2.24) is 0 Å². The van der Waals surface area contributed by atoms with E-state index in [0.29, 0.717) is 11.5 Å². The maximum Gasteiger partial charge on any atom is 0.333 e. The minimum absolute atomic E-state index is 0.108. The first kappa shape index (κ1) is 19.5. The Kier molecular flexibility index (Phi) is 4.06. The molecule has 8 aliphatic rings. The SMILES string of the molecule is C=C(C)C(=O)OC(CC1CC2CC1C1C3CCC(C3)C21)C1CC2CC1C1C3CCC(C3)C21. The van der Waals surface area contributed by atoms with Crippen LogP contribution in [0.25, 0.3) is 0 Å². The molecule has 2 nitrogen and oxygen atoms in total. The highest BCUT2D eigenvalue weighted by Gasteiger charge is 2.65. The second-order valence-corrected chi connectivity index (χ2v) is 14.2. The number of rotatable bonds is 5. The van der Waals surface area contributed by atoms with Gasteiger partial charge < -0.3 is 4.74 Å². The van der Waals surface area contributed by atoms with Gasteiger partial charge in [-0.3, -0.25) is 0 Å². The molecule has 0 aliphatic heterocycles. The predicted molar refractivity (Wildman–Crippen MR) is 124 cm³/mol. The van der Waals surface area contributed by atoms with Crippen molar-refractivity contribution in [2.24, 2.45) is 82.9 Å². The topological polar surface area (TPSA) is 26.3 Å². The number of fused-ring (bicyclic) bond motifs is 18. The van der Waals surface area contributed by atoms with Crippen LogP contribution in [0.2, 0.25) is 0 Å². The molecule has 8 bridgehead atoms. The summed E-state index contributed by atoms with van der Waals surface area (Å²) in [6.07, 6.45) is 16.3. The molecule has 8 fully saturated rings. The molecule has 8 aliphatic carbocycles. The summed E-state index contributed by atoms with van der Waals surface area (Å²) in [5.74, 6) is 13.5. The monoisotopic (exact) mass is 434 g/mol. The van der Waals surface area contributed by atoms with Crippen LogP contribution in [0.15, 0.2) is 12.2 Å². The van der Waals surface area contributed by atoms with Crippen molar-refractivity contribution >= 4 is 5.97 Å². The van der Waals surface area contributed by atoms with Crippen molar-refractivity contribution in [3.8, 4) is 0 Å². The van der Waals surface area contributed by atoms with Gasteiger partial charge in [-0.05, 0) is 160 Å². The molecule has 15 atom stereocenters. The maximum atomic E-state index is 12.8. The lowest BCUT2D eigenvalue weighted by Gasteiger charge is -2.43. The molecule has 0 heterocycles. The van der Waals surface area contributed by atoms with Crippen molar-refractivity contribution in [3.63, 3.8) is 0 Å². The molecule has 2 heteroatoms. The predicted octanol–water partition coefficient (Wildman–Crippen LogP) is 6.50. The van der Waals surface area contributed by atoms with Crippen molar-refractivity contribution in [3.05, 3.63) is 12.2 Å². The molecule has 174 valence electrons. The molecular formula is C30H42O2. The Morgan fingerprint density at radius 3 is 1.97 bits per heavy atom. The summed E-state index contributed by atoms with van der Waals surface area (Å²) in [6, 6.07) is 0. The Balaban J connectivity index is 1.04. The average Bonchev–Trinajstić information content (AvgIpc) is 3.63. The first-order chi connectivity index (χ1) is 15.6. The van der Waals surface area contributed by atoms with Crippen LogP contribution in [0.5, 0.6) is 0 Å². The molecule has 0 aromatic heterocycles. The fourth-order valence-electron chi connectivity index (χ4n) is 12.9. The first-order valence-corrected chi connectivity index (χ1v) is 14.4. The van der Waals surface area contributed by atoms with Crippen LogP contribution in [0.1, 0.15) is 77.6 Å². The molecule has 8 rings (SSSR count). The maximum absolute atomic E-state index is 12.8. The summed E-state index contributed by atoms with van der Waals surface area (Å²) in [5.41, 5.74) is 0.595. The van der Waals surface area contributed by atoms with Gasteiger partial charge in [0.2, 0.25) is 0 Å². The highest BCUT2D eigenvalue weighted by atomic mass is 16.5. The number of carbonyl (C=O) groups is 1. The van der Waals surface area contributed by atoms with Crippen molar-refractivity contribution < 1.29 is 9.53 Å². The van der Waals surface area contributed by atoms with E-state index in [1.54, 1.807) is 6.42 Å². The summed E-state index contributed by atoms with van der Waals surface area (Å²) in [5, 5.41) is 0. The zero-order valence-corrected chi connectivity index (χ0v) is 20.0. The minimum Gasteiger partial charge on any atom is -0.459 e. The van der Waals surface area contributed by atoms with Gasteiger partial charge in [-0.2, -0.15) is 0 Å². The summed E-state index contributed by atoms with van der Waals surface area (Å²) < 4.78 is 6.38. The van der Waals surface area contributed by atoms with Crippen LogP contribution in [-0.4, -0.2) is 12.1 Å². The van der Waals surface area contributed by atoms with Gasteiger partial charge in [0.15, 0.2) is 0 Å². The van der Waals surface area contributed by atoms with Gasteiger partial charge in [-0.15, -0.1) is 0 Å². The smallest absolute Gasteiger partial charge is 0.333 e. The Bertz CT molecular complexity index is 846. The Labute approximate surface area is 194 Å².